The number of esters is 2. The van der Waals surface area contributed by atoms with Gasteiger partial charge >= 0.3 is 19.8 Å². The van der Waals surface area contributed by atoms with Gasteiger partial charge in [-0.3, -0.25) is 18.6 Å². The number of carbonyl (C=O) groups excluding carboxylic acids is 2. The van der Waals surface area contributed by atoms with Crippen LogP contribution in [0.3, 0.4) is 0 Å². The molecule has 0 saturated heterocycles. The fourth-order valence-corrected chi connectivity index (χ4v) is 4.25. The Bertz CT molecular complexity index is 926. The van der Waals surface area contributed by atoms with Crippen molar-refractivity contribution in [2.45, 2.75) is 110 Å². The van der Waals surface area contributed by atoms with Gasteiger partial charge in [-0.1, -0.05) is 87.4 Å². The maximum absolute atomic E-state index is 12.4. The number of aliphatic hydroxyl groups is 2. The lowest BCUT2D eigenvalue weighted by Crippen LogP contribution is -2.29. The molecule has 3 unspecified atom stereocenters. The first-order valence-corrected chi connectivity index (χ1v) is 17.2. The third kappa shape index (κ3) is 28.4. The molecule has 0 heterocycles. The molecule has 0 aliphatic rings. The molecule has 3 atom stereocenters. The van der Waals surface area contributed by atoms with Gasteiger partial charge in [0.15, 0.2) is 6.10 Å². The van der Waals surface area contributed by atoms with Crippen molar-refractivity contribution in [3.63, 3.8) is 0 Å². The quantitative estimate of drug-likeness (QED) is 0.0359. The molecule has 0 aromatic heterocycles. The maximum atomic E-state index is 12.4. The van der Waals surface area contributed by atoms with Gasteiger partial charge in [0.1, 0.15) is 12.7 Å². The molecule has 0 radical (unpaired) electrons. The van der Waals surface area contributed by atoms with Gasteiger partial charge in [0.25, 0.3) is 0 Å². The van der Waals surface area contributed by atoms with E-state index in [1.54, 1.807) is 0 Å². The highest BCUT2D eigenvalue weighted by molar-refractivity contribution is 7.47. The Labute approximate surface area is 264 Å². The van der Waals surface area contributed by atoms with Crippen molar-refractivity contribution in [2.75, 3.05) is 26.4 Å². The molecule has 252 valence electrons. The summed E-state index contributed by atoms with van der Waals surface area (Å²) >= 11 is 0. The molecule has 10 nitrogen and oxygen atoms in total. The van der Waals surface area contributed by atoms with Crippen LogP contribution in [0.1, 0.15) is 97.3 Å². The van der Waals surface area contributed by atoms with Gasteiger partial charge in [0.2, 0.25) is 0 Å². The van der Waals surface area contributed by atoms with Gasteiger partial charge in [-0.05, 0) is 57.8 Å². The number of rotatable bonds is 28. The van der Waals surface area contributed by atoms with Crippen LogP contribution in [-0.4, -0.2) is 65.7 Å². The van der Waals surface area contributed by atoms with E-state index >= 15 is 0 Å². The first-order chi connectivity index (χ1) is 21.2. The summed E-state index contributed by atoms with van der Waals surface area (Å²) < 4.78 is 31.9. The minimum Gasteiger partial charge on any atom is -0.462 e. The number of phosphoric ester groups is 1. The Kier molecular flexibility index (Phi) is 27.8. The molecule has 11 heteroatoms. The second-order valence-electron chi connectivity index (χ2n) is 10.1. The van der Waals surface area contributed by atoms with E-state index < -0.39 is 51.8 Å². The van der Waals surface area contributed by atoms with Crippen LogP contribution in [0.25, 0.3) is 0 Å². The molecule has 0 aliphatic heterocycles. The van der Waals surface area contributed by atoms with Crippen LogP contribution in [0.15, 0.2) is 60.8 Å². The largest absolute Gasteiger partial charge is 0.472 e. The van der Waals surface area contributed by atoms with Gasteiger partial charge in [0.05, 0.1) is 19.8 Å². The maximum Gasteiger partial charge on any atom is 0.472 e. The lowest BCUT2D eigenvalue weighted by Gasteiger charge is -2.20. The predicted molar refractivity (Wildman–Crippen MR) is 173 cm³/mol. The average molecular weight is 643 g/mol. The summed E-state index contributed by atoms with van der Waals surface area (Å²) in [5.41, 5.74) is 0. The highest BCUT2D eigenvalue weighted by atomic mass is 31.2. The Morgan fingerprint density at radius 3 is 1.82 bits per heavy atom. The highest BCUT2D eigenvalue weighted by Crippen LogP contribution is 2.43. The summed E-state index contributed by atoms with van der Waals surface area (Å²) in [5, 5.41) is 18.1. The minimum atomic E-state index is -4.60. The van der Waals surface area contributed by atoms with E-state index in [4.69, 9.17) is 19.1 Å². The van der Waals surface area contributed by atoms with Crippen molar-refractivity contribution in [2.24, 2.45) is 0 Å². The van der Waals surface area contributed by atoms with Crippen molar-refractivity contribution < 1.29 is 47.8 Å². The zero-order valence-corrected chi connectivity index (χ0v) is 27.5. The summed E-state index contributed by atoms with van der Waals surface area (Å²) in [6.45, 7) is 1.89. The molecule has 0 bridgehead atoms. The molecule has 0 aromatic carbocycles. The molecule has 0 spiro atoms. The molecule has 0 aromatic rings. The first kappa shape index (κ1) is 41.7. The molecule has 0 fully saturated rings. The van der Waals surface area contributed by atoms with Crippen molar-refractivity contribution in [1.82, 2.24) is 0 Å². The lowest BCUT2D eigenvalue weighted by atomic mass is 10.1. The van der Waals surface area contributed by atoms with Crippen molar-refractivity contribution >= 4 is 19.8 Å². The normalized spacial score (nSPS) is 15.1. The number of hydrogen-bond donors (Lipinski definition) is 3. The van der Waals surface area contributed by atoms with E-state index in [2.05, 4.69) is 72.2 Å². The standard InChI is InChI=1S/C33H55O10P/c1-3-5-7-8-9-10-11-12-13-14-15-16-17-18-19-20-21-22-23-25-33(37)43-31(28-40-32(36)24-6-4-2)29-42-44(38,39)41-27-30(35)26-34/h5,7,9-10,12-13,15-16,18-19,30-31,34-35H,3-4,6,8,11,14,17,20-29H2,1-2H3,(H,38,39)/b7-5-,10-9-,13-12-,16-15-,19-18-. The smallest absolute Gasteiger partial charge is 0.462 e. The van der Waals surface area contributed by atoms with Crippen LogP contribution >= 0.6 is 7.82 Å². The second-order valence-corrected chi connectivity index (χ2v) is 11.6. The molecular formula is C33H55O10P. The summed E-state index contributed by atoms with van der Waals surface area (Å²) in [6.07, 6.45) is 29.0. The summed E-state index contributed by atoms with van der Waals surface area (Å²) in [5.74, 6) is -1.01. The number of ether oxygens (including phenoxy) is 2. The van der Waals surface area contributed by atoms with E-state index in [0.717, 1.165) is 57.8 Å². The third-order valence-electron chi connectivity index (χ3n) is 5.94. The van der Waals surface area contributed by atoms with E-state index in [9.17, 15) is 24.2 Å². The molecule has 0 amide bonds. The number of allylic oxidation sites excluding steroid dienone is 10. The number of phosphoric acid groups is 1. The molecule has 44 heavy (non-hydrogen) atoms. The lowest BCUT2D eigenvalue weighted by molar-refractivity contribution is -0.161. The van der Waals surface area contributed by atoms with Crippen LogP contribution < -0.4 is 0 Å². The van der Waals surface area contributed by atoms with E-state index in [1.807, 2.05) is 6.92 Å². The van der Waals surface area contributed by atoms with Crippen molar-refractivity contribution in [3.05, 3.63) is 60.8 Å². The van der Waals surface area contributed by atoms with Crippen LogP contribution in [0, 0.1) is 0 Å². The summed E-state index contributed by atoms with van der Waals surface area (Å²) in [6, 6.07) is 0. The predicted octanol–water partition coefficient (Wildman–Crippen LogP) is 6.82. The molecular weight excluding hydrogens is 587 g/mol. The van der Waals surface area contributed by atoms with Crippen LogP contribution in [0.5, 0.6) is 0 Å². The number of unbranched alkanes of at least 4 members (excludes halogenated alkanes) is 4. The van der Waals surface area contributed by atoms with Crippen LogP contribution in [-0.2, 0) is 32.7 Å². The fourth-order valence-electron chi connectivity index (χ4n) is 3.46. The van der Waals surface area contributed by atoms with E-state index in [0.29, 0.717) is 12.8 Å². The van der Waals surface area contributed by atoms with Crippen molar-refractivity contribution in [3.8, 4) is 0 Å². The van der Waals surface area contributed by atoms with E-state index in [1.165, 1.54) is 0 Å². The average Bonchev–Trinajstić information content (AvgIpc) is 3.01. The number of hydrogen-bond acceptors (Lipinski definition) is 9. The molecule has 3 N–H and O–H groups in total. The highest BCUT2D eigenvalue weighted by Gasteiger charge is 2.27. The van der Waals surface area contributed by atoms with Gasteiger partial charge in [-0.15, -0.1) is 0 Å². The SMILES string of the molecule is CC/C=C\C/C=C\C/C=C\C/C=C\C/C=C\CCCCCC(=O)OC(COC(=O)CCCC)COP(=O)(O)OCC(O)CO. The Hall–Kier alpha value is -2.33. The van der Waals surface area contributed by atoms with Crippen LogP contribution in [0.4, 0.5) is 0 Å². The van der Waals surface area contributed by atoms with E-state index in [-0.39, 0.29) is 19.4 Å². The van der Waals surface area contributed by atoms with Crippen LogP contribution in [0.2, 0.25) is 0 Å². The second kappa shape index (κ2) is 29.4. The van der Waals surface area contributed by atoms with Crippen molar-refractivity contribution in [1.29, 1.82) is 0 Å². The Morgan fingerprint density at radius 2 is 1.25 bits per heavy atom. The molecule has 0 aliphatic carbocycles. The molecule has 0 saturated carbocycles. The fraction of sp³-hybridized carbons (Fsp3) is 0.636. The zero-order chi connectivity index (χ0) is 32.7. The van der Waals surface area contributed by atoms with Gasteiger partial charge < -0.3 is 24.6 Å². The van der Waals surface area contributed by atoms with Gasteiger partial charge in [-0.25, -0.2) is 4.57 Å². The Morgan fingerprint density at radius 1 is 0.705 bits per heavy atom. The van der Waals surface area contributed by atoms with Gasteiger partial charge in [0, 0.05) is 12.8 Å². The zero-order valence-electron chi connectivity index (χ0n) is 26.6. The summed E-state index contributed by atoms with van der Waals surface area (Å²) in [7, 11) is -4.60. The topological polar surface area (TPSA) is 149 Å². The monoisotopic (exact) mass is 642 g/mol. The molecule has 0 rings (SSSR count). The van der Waals surface area contributed by atoms with Gasteiger partial charge in [-0.2, -0.15) is 0 Å². The first-order valence-electron chi connectivity index (χ1n) is 15.7. The third-order valence-corrected chi connectivity index (χ3v) is 6.89. The minimum absolute atomic E-state index is 0.141. The Balaban J connectivity index is 4.28. The summed E-state index contributed by atoms with van der Waals surface area (Å²) in [4.78, 5) is 34.0. The number of aliphatic hydroxyl groups excluding tert-OH is 2. The number of carbonyl (C=O) groups is 2.